The zero-order valence-corrected chi connectivity index (χ0v) is 19.8. The number of hydrogen-bond acceptors (Lipinski definition) is 0. The van der Waals surface area contributed by atoms with Crippen LogP contribution >= 0.6 is 0 Å². The van der Waals surface area contributed by atoms with Gasteiger partial charge in [-0.1, -0.05) is 127 Å². The number of aryl methyl sites for hydroxylation is 1. The van der Waals surface area contributed by atoms with Crippen LogP contribution < -0.4 is 0 Å². The van der Waals surface area contributed by atoms with Crippen LogP contribution in [0.3, 0.4) is 0 Å². The Morgan fingerprint density at radius 3 is 1.34 bits per heavy atom. The second-order valence-electron chi connectivity index (χ2n) is 9.05. The highest BCUT2D eigenvalue weighted by Crippen LogP contribution is 2.33. The summed E-state index contributed by atoms with van der Waals surface area (Å²) in [5, 5.41) is 10.5. The van der Waals surface area contributed by atoms with Crippen molar-refractivity contribution in [2.45, 2.75) is 6.92 Å². The van der Waals surface area contributed by atoms with Crippen LogP contribution in [-0.4, -0.2) is 0 Å². The van der Waals surface area contributed by atoms with E-state index in [0.717, 1.165) is 0 Å². The molecule has 0 nitrogen and oxygen atoms in total. The van der Waals surface area contributed by atoms with Gasteiger partial charge < -0.3 is 0 Å². The summed E-state index contributed by atoms with van der Waals surface area (Å²) in [5.74, 6) is 0. The highest BCUT2D eigenvalue weighted by Gasteiger charge is 2.06. The average Bonchev–Trinajstić information content (AvgIpc) is 2.92. The first-order chi connectivity index (χ1) is 17.3. The highest BCUT2D eigenvalue weighted by molar-refractivity contribution is 6.05. The molecule has 0 aromatic heterocycles. The molecule has 0 atom stereocenters. The lowest BCUT2D eigenvalue weighted by molar-refractivity contribution is 1.54. The van der Waals surface area contributed by atoms with Crippen LogP contribution in [0.15, 0.2) is 140 Å². The minimum atomic E-state index is 1.29. The molecule has 0 saturated carbocycles. The number of benzene rings is 7. The Labute approximate surface area is 206 Å². The predicted octanol–water partition coefficient (Wildman–Crippen LogP) is 9.96. The van der Waals surface area contributed by atoms with Gasteiger partial charge in [0.1, 0.15) is 0 Å². The Morgan fingerprint density at radius 1 is 0.314 bits per heavy atom. The van der Waals surface area contributed by atoms with Crippen molar-refractivity contribution in [1.82, 2.24) is 0 Å². The zero-order valence-electron chi connectivity index (χ0n) is 19.8. The lowest BCUT2D eigenvalue weighted by Crippen LogP contribution is -1.83. The molecule has 7 aromatic carbocycles. The lowest BCUT2D eigenvalue weighted by atomic mass is 9.94. The van der Waals surface area contributed by atoms with Gasteiger partial charge in [0.05, 0.1) is 0 Å². The Balaban J connectivity index is 0.000000136. The van der Waals surface area contributed by atoms with E-state index in [1.807, 2.05) is 0 Å². The summed E-state index contributed by atoms with van der Waals surface area (Å²) in [7, 11) is 0. The third-order valence-electron chi connectivity index (χ3n) is 6.83. The molecule has 166 valence electrons. The average molecular weight is 447 g/mol. The molecule has 0 amide bonds. The van der Waals surface area contributed by atoms with Crippen LogP contribution in [0.2, 0.25) is 0 Å². The van der Waals surface area contributed by atoms with Crippen molar-refractivity contribution >= 4 is 43.1 Å². The van der Waals surface area contributed by atoms with Gasteiger partial charge in [0.25, 0.3) is 0 Å². The zero-order chi connectivity index (χ0) is 23.6. The maximum atomic E-state index is 2.28. The van der Waals surface area contributed by atoms with E-state index in [0.29, 0.717) is 0 Å². The van der Waals surface area contributed by atoms with Crippen molar-refractivity contribution in [2.24, 2.45) is 0 Å². The molecule has 0 aliphatic heterocycles. The van der Waals surface area contributed by atoms with Crippen LogP contribution in [0.25, 0.3) is 54.2 Å². The summed E-state index contributed by atoms with van der Waals surface area (Å²) in [5.41, 5.74) is 3.96. The van der Waals surface area contributed by atoms with Gasteiger partial charge in [-0.05, 0) is 78.8 Å². The molecule has 0 unspecified atom stereocenters. The van der Waals surface area contributed by atoms with Crippen molar-refractivity contribution in [3.63, 3.8) is 0 Å². The lowest BCUT2D eigenvalue weighted by Gasteiger charge is -2.10. The third kappa shape index (κ3) is 4.05. The van der Waals surface area contributed by atoms with Crippen molar-refractivity contribution in [1.29, 1.82) is 0 Å². The van der Waals surface area contributed by atoms with E-state index < -0.39 is 0 Å². The maximum absolute atomic E-state index is 2.28. The normalized spacial score (nSPS) is 11.0. The van der Waals surface area contributed by atoms with Gasteiger partial charge in [0, 0.05) is 0 Å². The first-order valence-electron chi connectivity index (χ1n) is 12.1. The SMILES string of the molecule is Cc1cccc2cc3ccccc3cc12.c1ccc2c(-c3cccc4ccccc34)cccc2c1. The fourth-order valence-corrected chi connectivity index (χ4v) is 5.04. The molecule has 0 aliphatic rings. The molecule has 0 N–H and O–H groups in total. The van der Waals surface area contributed by atoms with Crippen molar-refractivity contribution in [2.75, 3.05) is 0 Å². The molecule has 0 spiro atoms. The van der Waals surface area contributed by atoms with Crippen LogP contribution in [0.1, 0.15) is 5.56 Å². The van der Waals surface area contributed by atoms with E-state index in [9.17, 15) is 0 Å². The largest absolute Gasteiger partial charge is 0.0616 e. The molecule has 0 heterocycles. The van der Waals surface area contributed by atoms with E-state index in [4.69, 9.17) is 0 Å². The molecule has 7 rings (SSSR count). The number of hydrogen-bond donors (Lipinski definition) is 0. The topological polar surface area (TPSA) is 0 Å². The second kappa shape index (κ2) is 9.08. The molecule has 0 aliphatic carbocycles. The van der Waals surface area contributed by atoms with Gasteiger partial charge in [-0.15, -0.1) is 0 Å². The Hall–Kier alpha value is -4.42. The van der Waals surface area contributed by atoms with Crippen molar-refractivity contribution in [3.8, 4) is 11.1 Å². The molecule has 0 heteroatoms. The second-order valence-corrected chi connectivity index (χ2v) is 9.05. The standard InChI is InChI=1S/C20H14.C15H12/c1-3-11-17-15(7-1)9-5-13-19(17)20-14-6-10-16-8-2-4-12-18(16)20;1-11-5-4-8-14-9-12-6-2-3-7-13(12)10-15(11)14/h1-14H;2-10H,1H3. The summed E-state index contributed by atoms with van der Waals surface area (Å²) in [6, 6.07) is 49.7. The molecule has 7 aromatic rings. The quantitative estimate of drug-likeness (QED) is 0.220. The molecule has 0 saturated heterocycles. The first-order valence-corrected chi connectivity index (χ1v) is 12.1. The van der Waals surface area contributed by atoms with Gasteiger partial charge in [-0.3, -0.25) is 0 Å². The monoisotopic (exact) mass is 446 g/mol. The molecular weight excluding hydrogens is 420 g/mol. The Bertz CT molecular complexity index is 1720. The van der Waals surface area contributed by atoms with Gasteiger partial charge in [-0.2, -0.15) is 0 Å². The molecule has 0 fully saturated rings. The van der Waals surface area contributed by atoms with E-state index >= 15 is 0 Å². The van der Waals surface area contributed by atoms with Crippen LogP contribution in [0, 0.1) is 6.92 Å². The fraction of sp³-hybridized carbons (Fsp3) is 0.0286. The van der Waals surface area contributed by atoms with E-state index in [2.05, 4.69) is 146 Å². The molecule has 0 radical (unpaired) electrons. The van der Waals surface area contributed by atoms with Crippen LogP contribution in [0.5, 0.6) is 0 Å². The Kier molecular flexibility index (Phi) is 5.48. The maximum Gasteiger partial charge on any atom is -0.00992 e. The van der Waals surface area contributed by atoms with Crippen molar-refractivity contribution in [3.05, 3.63) is 145 Å². The highest BCUT2D eigenvalue weighted by atomic mass is 14.1. The Morgan fingerprint density at radius 2 is 0.743 bits per heavy atom. The molecular formula is C35H26. The predicted molar refractivity (Wildman–Crippen MR) is 153 cm³/mol. The molecule has 0 bridgehead atoms. The summed E-state index contributed by atoms with van der Waals surface area (Å²) in [4.78, 5) is 0. The van der Waals surface area contributed by atoms with Gasteiger partial charge in [0.2, 0.25) is 0 Å². The summed E-state index contributed by atoms with van der Waals surface area (Å²) >= 11 is 0. The van der Waals surface area contributed by atoms with Crippen LogP contribution in [0.4, 0.5) is 0 Å². The van der Waals surface area contributed by atoms with Gasteiger partial charge >= 0.3 is 0 Å². The van der Waals surface area contributed by atoms with E-state index in [-0.39, 0.29) is 0 Å². The summed E-state index contributed by atoms with van der Waals surface area (Å²) in [6.45, 7) is 2.16. The minimum Gasteiger partial charge on any atom is -0.0616 e. The van der Waals surface area contributed by atoms with Gasteiger partial charge in [0.15, 0.2) is 0 Å². The van der Waals surface area contributed by atoms with Crippen LogP contribution in [-0.2, 0) is 0 Å². The van der Waals surface area contributed by atoms with Crippen molar-refractivity contribution < 1.29 is 0 Å². The number of fused-ring (bicyclic) bond motifs is 4. The van der Waals surface area contributed by atoms with E-state index in [1.165, 1.54) is 59.8 Å². The third-order valence-corrected chi connectivity index (χ3v) is 6.83. The minimum absolute atomic E-state index is 1.29. The van der Waals surface area contributed by atoms with Gasteiger partial charge in [-0.25, -0.2) is 0 Å². The first kappa shape index (κ1) is 21.1. The summed E-state index contributed by atoms with van der Waals surface area (Å²) < 4.78 is 0. The fourth-order valence-electron chi connectivity index (χ4n) is 5.04. The molecule has 35 heavy (non-hydrogen) atoms. The smallest absolute Gasteiger partial charge is 0.00992 e. The van der Waals surface area contributed by atoms with E-state index in [1.54, 1.807) is 0 Å². The number of rotatable bonds is 1. The summed E-state index contributed by atoms with van der Waals surface area (Å²) in [6.07, 6.45) is 0.